The van der Waals surface area contributed by atoms with Gasteiger partial charge in [-0.1, -0.05) is 156 Å². The molecule has 3 aromatic carbocycles. The lowest BCUT2D eigenvalue weighted by Gasteiger charge is -2.16. The third kappa shape index (κ3) is 11.7. The van der Waals surface area contributed by atoms with Gasteiger partial charge in [-0.05, 0) is 107 Å². The summed E-state index contributed by atoms with van der Waals surface area (Å²) >= 11 is 0. The zero-order chi connectivity index (χ0) is 38.2. The molecule has 3 aromatic rings. The minimum absolute atomic E-state index is 0.245. The second-order valence-corrected chi connectivity index (χ2v) is 15.4. The predicted octanol–water partition coefficient (Wildman–Crippen LogP) is 14.3. The summed E-state index contributed by atoms with van der Waals surface area (Å²) in [5.74, 6) is 21.3. The lowest BCUT2D eigenvalue weighted by Crippen LogP contribution is -2.00. The van der Waals surface area contributed by atoms with Gasteiger partial charge in [0.2, 0.25) is 0 Å². The van der Waals surface area contributed by atoms with Crippen LogP contribution in [0, 0.1) is 48.7 Å². The molecule has 0 saturated heterocycles. The molecule has 0 atom stereocenters. The molecule has 2 nitrogen and oxygen atoms in total. The third-order valence-electron chi connectivity index (χ3n) is 9.79. The maximum absolute atomic E-state index is 7.89. The zero-order valence-corrected chi connectivity index (χ0v) is 33.7. The maximum atomic E-state index is 7.89. The molecule has 0 aliphatic carbocycles. The highest BCUT2D eigenvalue weighted by Gasteiger charge is 2.17. The van der Waals surface area contributed by atoms with Crippen LogP contribution in [0.1, 0.15) is 200 Å². The van der Waals surface area contributed by atoms with Crippen LogP contribution < -0.4 is 0 Å². The van der Waals surface area contributed by atoms with Crippen molar-refractivity contribution in [1.82, 2.24) is 0 Å². The van der Waals surface area contributed by atoms with Crippen LogP contribution in [0.25, 0.3) is 9.69 Å². The van der Waals surface area contributed by atoms with Crippen molar-refractivity contribution in [2.75, 3.05) is 0 Å². The van der Waals surface area contributed by atoms with E-state index in [2.05, 4.69) is 151 Å². The summed E-state index contributed by atoms with van der Waals surface area (Å²) < 4.78 is 0. The van der Waals surface area contributed by atoms with E-state index in [0.717, 1.165) is 81.6 Å². The number of hydrogen-bond donors (Lipinski definition) is 0. The molecule has 0 N–H and O–H groups in total. The Hall–Kier alpha value is -4.68. The lowest BCUT2D eigenvalue weighted by molar-refractivity contribution is 0.662. The first-order chi connectivity index (χ1) is 24.9. The van der Waals surface area contributed by atoms with Crippen LogP contribution in [0.4, 0.5) is 11.4 Å². The summed E-state index contributed by atoms with van der Waals surface area (Å²) in [6, 6.07) is 13.0. The fraction of sp³-hybridized carbons (Fsp3) is 0.480. The van der Waals surface area contributed by atoms with Crippen LogP contribution in [0.3, 0.4) is 0 Å². The average molecular weight is 689 g/mol. The first kappa shape index (κ1) is 41.7. The van der Waals surface area contributed by atoms with Crippen molar-refractivity contribution in [2.24, 2.45) is 0 Å². The van der Waals surface area contributed by atoms with Crippen LogP contribution in [-0.2, 0) is 12.8 Å². The number of unbranched alkanes of at least 4 members (excludes halogenated alkanes) is 6. The summed E-state index contributed by atoms with van der Waals surface area (Å²) in [7, 11) is 0. The third-order valence-corrected chi connectivity index (χ3v) is 9.79. The molecule has 0 aliphatic rings. The number of hydrogen-bond acceptors (Lipinski definition) is 0. The Morgan fingerprint density at radius 2 is 0.827 bits per heavy atom. The van der Waals surface area contributed by atoms with Gasteiger partial charge in [0.05, 0.1) is 13.1 Å². The highest BCUT2D eigenvalue weighted by atomic mass is 14.7. The molecule has 0 amide bonds. The SMILES string of the molecule is [C-]#[N+]c1c(C(C)C)cc(C#CC#Cc2cc(CCCCCC)c(C#Cc3cc(C(C)C)c([N+]#[C-])c(C(C)C)c3)cc2CCCCCC)cc1C(C)C. The van der Waals surface area contributed by atoms with E-state index in [1.165, 1.54) is 49.7 Å². The van der Waals surface area contributed by atoms with Gasteiger partial charge in [-0.3, -0.25) is 0 Å². The molecular formula is C50H60N2. The smallest absolute Gasteiger partial charge is 0.194 e. The van der Waals surface area contributed by atoms with Gasteiger partial charge >= 0.3 is 0 Å². The minimum Gasteiger partial charge on any atom is -0.238 e. The minimum atomic E-state index is 0.245. The Bertz CT molecular complexity index is 1890. The van der Waals surface area contributed by atoms with E-state index in [1.807, 2.05) is 0 Å². The van der Waals surface area contributed by atoms with Gasteiger partial charge < -0.3 is 0 Å². The van der Waals surface area contributed by atoms with E-state index < -0.39 is 0 Å². The lowest BCUT2D eigenvalue weighted by atomic mass is 9.90. The quantitative estimate of drug-likeness (QED) is 0.0905. The molecule has 0 aromatic heterocycles. The van der Waals surface area contributed by atoms with Crippen LogP contribution in [0.5, 0.6) is 0 Å². The second kappa shape index (κ2) is 21.0. The van der Waals surface area contributed by atoms with E-state index in [9.17, 15) is 0 Å². The molecule has 52 heavy (non-hydrogen) atoms. The first-order valence-corrected chi connectivity index (χ1v) is 19.8. The molecule has 0 radical (unpaired) electrons. The normalized spacial score (nSPS) is 10.7. The largest absolute Gasteiger partial charge is 0.238 e. The summed E-state index contributed by atoms with van der Waals surface area (Å²) in [6.45, 7) is 37.4. The molecule has 270 valence electrons. The molecular weight excluding hydrogens is 629 g/mol. The topological polar surface area (TPSA) is 8.72 Å². The molecule has 2 heteroatoms. The van der Waals surface area contributed by atoms with E-state index in [4.69, 9.17) is 13.1 Å². The van der Waals surface area contributed by atoms with Gasteiger partial charge in [-0.25, -0.2) is 9.69 Å². The Morgan fingerprint density at radius 3 is 1.19 bits per heavy atom. The standard InChI is InChI=1S/C50H60N2/c1-13-15-17-19-24-41-34-44(28-27-40-31-47(37(7)8)50(52-12)48(32-40)38(9)10)43(25-20-18-16-14-2)33-42(41)26-22-21-23-39-29-45(35(3)4)49(51-11)46(30-39)36(5)6/h29-38H,13-20,24-25H2,1-10H3. The van der Waals surface area contributed by atoms with Crippen LogP contribution in [0.2, 0.25) is 0 Å². The van der Waals surface area contributed by atoms with Crippen molar-refractivity contribution in [3.05, 3.63) is 115 Å². The highest BCUT2D eigenvalue weighted by Crippen LogP contribution is 2.37. The van der Waals surface area contributed by atoms with Crippen molar-refractivity contribution < 1.29 is 0 Å². The number of benzene rings is 3. The van der Waals surface area contributed by atoms with Gasteiger partial charge in [0.1, 0.15) is 0 Å². The molecule has 0 saturated carbocycles. The second-order valence-electron chi connectivity index (χ2n) is 15.4. The van der Waals surface area contributed by atoms with Gasteiger partial charge in [0.25, 0.3) is 0 Å². The molecule has 0 aliphatic heterocycles. The number of aryl methyl sites for hydroxylation is 2. The van der Waals surface area contributed by atoms with Gasteiger partial charge in [-0.2, -0.15) is 0 Å². The summed E-state index contributed by atoms with van der Waals surface area (Å²) in [5.41, 5.74) is 12.4. The van der Waals surface area contributed by atoms with E-state index >= 15 is 0 Å². The molecule has 3 rings (SSSR count). The molecule has 0 heterocycles. The van der Waals surface area contributed by atoms with Crippen molar-refractivity contribution in [3.8, 4) is 35.5 Å². The van der Waals surface area contributed by atoms with Gasteiger partial charge in [-0.15, -0.1) is 0 Å². The molecule has 0 spiro atoms. The van der Waals surface area contributed by atoms with Crippen molar-refractivity contribution in [1.29, 1.82) is 0 Å². The molecule has 0 bridgehead atoms. The summed E-state index contributed by atoms with van der Waals surface area (Å²) in [4.78, 5) is 7.84. The van der Waals surface area contributed by atoms with Crippen molar-refractivity contribution in [2.45, 2.75) is 157 Å². The summed E-state index contributed by atoms with van der Waals surface area (Å²) in [6.07, 6.45) is 11.4. The number of nitrogens with zero attached hydrogens (tertiary/aromatic N) is 2. The van der Waals surface area contributed by atoms with Crippen molar-refractivity contribution >= 4 is 11.4 Å². The van der Waals surface area contributed by atoms with E-state index in [0.29, 0.717) is 0 Å². The average Bonchev–Trinajstić information content (AvgIpc) is 3.12. The van der Waals surface area contributed by atoms with E-state index in [1.54, 1.807) is 0 Å². The Labute approximate surface area is 317 Å². The Morgan fingerprint density at radius 1 is 0.462 bits per heavy atom. The zero-order valence-electron chi connectivity index (χ0n) is 33.7. The van der Waals surface area contributed by atoms with Crippen LogP contribution in [-0.4, -0.2) is 0 Å². The number of rotatable bonds is 14. The van der Waals surface area contributed by atoms with Crippen molar-refractivity contribution in [3.63, 3.8) is 0 Å². The van der Waals surface area contributed by atoms with Gasteiger partial charge in [0.15, 0.2) is 11.4 Å². The van der Waals surface area contributed by atoms with Gasteiger partial charge in [0, 0.05) is 22.3 Å². The summed E-state index contributed by atoms with van der Waals surface area (Å²) in [5, 5.41) is 0. The Kier molecular flexibility index (Phi) is 16.8. The predicted molar refractivity (Wildman–Crippen MR) is 224 cm³/mol. The maximum Gasteiger partial charge on any atom is 0.194 e. The molecule has 0 fully saturated rings. The monoisotopic (exact) mass is 688 g/mol. The highest BCUT2D eigenvalue weighted by molar-refractivity contribution is 5.66. The first-order valence-electron chi connectivity index (χ1n) is 19.8. The van der Waals surface area contributed by atoms with Crippen LogP contribution in [0.15, 0.2) is 36.4 Å². The van der Waals surface area contributed by atoms with E-state index in [-0.39, 0.29) is 23.7 Å². The Balaban J connectivity index is 2.16. The fourth-order valence-corrected chi connectivity index (χ4v) is 6.68. The van der Waals surface area contributed by atoms with Crippen LogP contribution >= 0.6 is 0 Å². The molecule has 0 unspecified atom stereocenters. The fourth-order valence-electron chi connectivity index (χ4n) is 6.68.